The number of sulfonamides is 1. The van der Waals surface area contributed by atoms with Crippen molar-refractivity contribution < 1.29 is 22.8 Å². The Labute approximate surface area is 188 Å². The van der Waals surface area contributed by atoms with Gasteiger partial charge in [-0.05, 0) is 56.2 Å². The summed E-state index contributed by atoms with van der Waals surface area (Å²) >= 11 is 0. The van der Waals surface area contributed by atoms with E-state index >= 15 is 0 Å². The maximum atomic E-state index is 12.3. The fourth-order valence-corrected chi connectivity index (χ4v) is 4.16. The first-order valence-electron chi connectivity index (χ1n) is 9.99. The van der Waals surface area contributed by atoms with Crippen molar-refractivity contribution in [2.24, 2.45) is 0 Å². The summed E-state index contributed by atoms with van der Waals surface area (Å²) in [5.41, 5.74) is 4.15. The van der Waals surface area contributed by atoms with Crippen LogP contribution >= 0.6 is 0 Å². The van der Waals surface area contributed by atoms with Crippen molar-refractivity contribution in [1.29, 1.82) is 0 Å². The molecule has 0 aliphatic heterocycles. The van der Waals surface area contributed by atoms with Crippen molar-refractivity contribution in [1.82, 2.24) is 10.0 Å². The average Bonchev–Trinajstić information content (AvgIpc) is 2.69. The number of benzene rings is 2. The van der Waals surface area contributed by atoms with E-state index < -0.39 is 15.9 Å². The molecule has 0 aliphatic rings. The lowest BCUT2D eigenvalue weighted by Gasteiger charge is -2.13. The van der Waals surface area contributed by atoms with Crippen molar-refractivity contribution in [3.63, 3.8) is 0 Å². The largest absolute Gasteiger partial charge is 0.347 e. The van der Waals surface area contributed by atoms with E-state index in [2.05, 4.69) is 20.7 Å². The summed E-state index contributed by atoms with van der Waals surface area (Å²) in [6.45, 7) is 6.77. The molecule has 10 heteroatoms. The van der Waals surface area contributed by atoms with E-state index in [-0.39, 0.29) is 36.2 Å². The Kier molecular flexibility index (Phi) is 8.50. The number of carbonyl (C=O) groups is 3. The van der Waals surface area contributed by atoms with Crippen LogP contribution in [0.1, 0.15) is 30.0 Å². The molecule has 9 nitrogen and oxygen atoms in total. The molecule has 0 aromatic heterocycles. The van der Waals surface area contributed by atoms with Crippen molar-refractivity contribution in [2.45, 2.75) is 39.0 Å². The molecule has 32 heavy (non-hydrogen) atoms. The van der Waals surface area contributed by atoms with Gasteiger partial charge in [-0.15, -0.1) is 0 Å². The van der Waals surface area contributed by atoms with Gasteiger partial charge in [0.2, 0.25) is 27.7 Å². The highest BCUT2D eigenvalue weighted by molar-refractivity contribution is 7.89. The van der Waals surface area contributed by atoms with Crippen LogP contribution in [0.2, 0.25) is 0 Å². The summed E-state index contributed by atoms with van der Waals surface area (Å²) < 4.78 is 27.0. The van der Waals surface area contributed by atoms with Crippen LogP contribution in [0.4, 0.5) is 11.4 Å². The first kappa shape index (κ1) is 25.0. The molecule has 0 atom stereocenters. The second kappa shape index (κ2) is 10.9. The molecule has 0 fully saturated rings. The second-order valence-corrected chi connectivity index (χ2v) is 9.22. The van der Waals surface area contributed by atoms with Crippen molar-refractivity contribution in [2.75, 3.05) is 23.7 Å². The monoisotopic (exact) mass is 460 g/mol. The van der Waals surface area contributed by atoms with E-state index in [0.29, 0.717) is 11.4 Å². The molecule has 172 valence electrons. The maximum absolute atomic E-state index is 12.3. The summed E-state index contributed by atoms with van der Waals surface area (Å²) in [5, 5.41) is 7.82. The predicted molar refractivity (Wildman–Crippen MR) is 123 cm³/mol. The Hall–Kier alpha value is -3.24. The summed E-state index contributed by atoms with van der Waals surface area (Å²) in [7, 11) is -3.81. The normalized spacial score (nSPS) is 11.0. The molecule has 4 N–H and O–H groups in total. The van der Waals surface area contributed by atoms with E-state index in [9.17, 15) is 22.8 Å². The van der Waals surface area contributed by atoms with E-state index in [0.717, 1.165) is 16.7 Å². The second-order valence-electron chi connectivity index (χ2n) is 7.45. The molecule has 0 spiro atoms. The van der Waals surface area contributed by atoms with Gasteiger partial charge in [-0.25, -0.2) is 13.1 Å². The number of hydrogen-bond donors (Lipinski definition) is 4. The SMILES string of the molecule is CC(=O)Nc1ccc(S(=O)(=O)NCCC(=O)NCC(=O)Nc2c(C)cc(C)cc2C)cc1. The molecule has 0 radical (unpaired) electrons. The molecule has 0 heterocycles. The number of anilines is 2. The van der Waals surface area contributed by atoms with E-state index in [1.165, 1.54) is 31.2 Å². The number of nitrogens with one attached hydrogen (secondary N) is 4. The van der Waals surface area contributed by atoms with Crippen LogP contribution in [0.25, 0.3) is 0 Å². The van der Waals surface area contributed by atoms with Crippen molar-refractivity contribution in [3.05, 3.63) is 53.1 Å². The van der Waals surface area contributed by atoms with E-state index in [1.807, 2.05) is 32.9 Å². The first-order chi connectivity index (χ1) is 15.0. The van der Waals surface area contributed by atoms with Gasteiger partial charge in [0.05, 0.1) is 11.4 Å². The standard InChI is InChI=1S/C22H28N4O5S/c1-14-11-15(2)22(16(3)12-14)26-21(29)13-23-20(28)9-10-24-32(30,31)19-7-5-18(6-8-19)25-17(4)27/h5-8,11-12,24H,9-10,13H2,1-4H3,(H,23,28)(H,25,27)(H,26,29). The van der Waals surface area contributed by atoms with Gasteiger partial charge in [0.1, 0.15) is 0 Å². The molecule has 2 aromatic rings. The van der Waals surface area contributed by atoms with Crippen LogP contribution in [-0.4, -0.2) is 39.2 Å². The zero-order chi connectivity index (χ0) is 23.9. The number of hydrogen-bond acceptors (Lipinski definition) is 5. The predicted octanol–water partition coefficient (Wildman–Crippen LogP) is 1.99. The van der Waals surface area contributed by atoms with Gasteiger partial charge < -0.3 is 16.0 Å². The lowest BCUT2D eigenvalue weighted by Crippen LogP contribution is -2.35. The lowest BCUT2D eigenvalue weighted by atomic mass is 10.1. The average molecular weight is 461 g/mol. The zero-order valence-corrected chi connectivity index (χ0v) is 19.4. The third-order valence-corrected chi connectivity index (χ3v) is 5.99. The Morgan fingerprint density at radius 2 is 1.47 bits per heavy atom. The number of rotatable bonds is 9. The van der Waals surface area contributed by atoms with E-state index in [1.54, 1.807) is 0 Å². The van der Waals surface area contributed by atoms with Crippen LogP contribution in [0, 0.1) is 20.8 Å². The Bertz CT molecular complexity index is 1090. The quantitative estimate of drug-likeness (QED) is 0.454. The van der Waals surface area contributed by atoms with Crippen LogP contribution in [0.15, 0.2) is 41.3 Å². The van der Waals surface area contributed by atoms with Gasteiger partial charge in [0.25, 0.3) is 0 Å². The highest BCUT2D eigenvalue weighted by Crippen LogP contribution is 2.21. The minimum atomic E-state index is -3.81. The fourth-order valence-electron chi connectivity index (χ4n) is 3.13. The van der Waals surface area contributed by atoms with Crippen LogP contribution in [0.5, 0.6) is 0 Å². The molecule has 0 unspecified atom stereocenters. The van der Waals surface area contributed by atoms with Crippen LogP contribution in [-0.2, 0) is 24.4 Å². The number of aryl methyl sites for hydroxylation is 3. The molecule has 0 saturated carbocycles. The topological polar surface area (TPSA) is 133 Å². The van der Waals surface area contributed by atoms with Gasteiger partial charge >= 0.3 is 0 Å². The Morgan fingerprint density at radius 3 is 2.03 bits per heavy atom. The highest BCUT2D eigenvalue weighted by Gasteiger charge is 2.15. The van der Waals surface area contributed by atoms with Crippen LogP contribution in [0.3, 0.4) is 0 Å². The molecule has 0 bridgehead atoms. The Morgan fingerprint density at radius 1 is 0.875 bits per heavy atom. The van der Waals surface area contributed by atoms with Gasteiger partial charge in [-0.2, -0.15) is 0 Å². The third kappa shape index (κ3) is 7.47. The molecular weight excluding hydrogens is 432 g/mol. The minimum Gasteiger partial charge on any atom is -0.347 e. The van der Waals surface area contributed by atoms with Gasteiger partial charge in [0, 0.05) is 31.3 Å². The number of amides is 3. The van der Waals surface area contributed by atoms with Gasteiger partial charge in [0.15, 0.2) is 0 Å². The minimum absolute atomic E-state index is 0.00947. The molecule has 2 aromatic carbocycles. The molecule has 2 rings (SSSR count). The first-order valence-corrected chi connectivity index (χ1v) is 11.5. The summed E-state index contributed by atoms with van der Waals surface area (Å²) in [6, 6.07) is 9.57. The fraction of sp³-hybridized carbons (Fsp3) is 0.318. The maximum Gasteiger partial charge on any atom is 0.243 e. The molecular formula is C22H28N4O5S. The molecule has 0 aliphatic carbocycles. The third-order valence-electron chi connectivity index (χ3n) is 4.52. The van der Waals surface area contributed by atoms with Crippen molar-refractivity contribution in [3.8, 4) is 0 Å². The molecule has 3 amide bonds. The molecule has 0 saturated heterocycles. The summed E-state index contributed by atoms with van der Waals surface area (Å²) in [5.74, 6) is -1.09. The van der Waals surface area contributed by atoms with E-state index in [4.69, 9.17) is 0 Å². The summed E-state index contributed by atoms with van der Waals surface area (Å²) in [4.78, 5) is 35.2. The van der Waals surface area contributed by atoms with Crippen LogP contribution < -0.4 is 20.7 Å². The smallest absolute Gasteiger partial charge is 0.243 e. The van der Waals surface area contributed by atoms with Crippen molar-refractivity contribution >= 4 is 39.1 Å². The lowest BCUT2D eigenvalue weighted by molar-refractivity contribution is -0.124. The van der Waals surface area contributed by atoms with Gasteiger partial charge in [-0.3, -0.25) is 14.4 Å². The zero-order valence-electron chi connectivity index (χ0n) is 18.5. The number of carbonyl (C=O) groups excluding carboxylic acids is 3. The summed E-state index contributed by atoms with van der Waals surface area (Å²) in [6.07, 6.45) is -0.126. The Balaban J connectivity index is 1.79. The van der Waals surface area contributed by atoms with Gasteiger partial charge in [-0.1, -0.05) is 17.7 Å². The highest BCUT2D eigenvalue weighted by atomic mass is 32.2.